The standard InChI is InChI=1S/C31H50N6O8/c1-8-18(6)25(32)30(43)36-23(14-20-9-11-21(38)12-10-20)29(42)35-22(13-16(2)3)28(41)33-15-24(39)34-19(7)27(40)37-26(17(4)5)31(44)45/h9-12,16-19,22-23,25-26,38H,8,13-15,32H2,1-7H3,(H,33,41)(H,34,39)(H,35,42)(H,36,43)(H,37,40)(H,44,45)/t18-,19-,22-,23-,25-,26-/m0/s1. The molecular weight excluding hydrogens is 584 g/mol. The van der Waals surface area contributed by atoms with Gasteiger partial charge in [0.2, 0.25) is 29.5 Å². The largest absolute Gasteiger partial charge is 0.508 e. The van der Waals surface area contributed by atoms with Crippen molar-refractivity contribution in [3.8, 4) is 5.75 Å². The molecule has 1 rings (SSSR count). The Morgan fingerprint density at radius 3 is 1.87 bits per heavy atom. The molecule has 0 heterocycles. The van der Waals surface area contributed by atoms with Gasteiger partial charge in [-0.25, -0.2) is 4.79 Å². The average Bonchev–Trinajstić information content (AvgIpc) is 2.97. The lowest BCUT2D eigenvalue weighted by molar-refractivity contribution is -0.143. The van der Waals surface area contributed by atoms with E-state index in [9.17, 15) is 39.0 Å². The number of carbonyl (C=O) groups is 6. The van der Waals surface area contributed by atoms with E-state index >= 15 is 0 Å². The van der Waals surface area contributed by atoms with E-state index in [1.807, 2.05) is 27.7 Å². The second kappa shape index (κ2) is 18.6. The van der Waals surface area contributed by atoms with Crippen LogP contribution in [-0.2, 0) is 35.2 Å². The summed E-state index contributed by atoms with van der Waals surface area (Å²) in [6, 6.07) is 0.907. The molecule has 0 saturated heterocycles. The van der Waals surface area contributed by atoms with Gasteiger partial charge in [-0.3, -0.25) is 24.0 Å². The van der Waals surface area contributed by atoms with Crippen molar-refractivity contribution in [2.75, 3.05) is 6.54 Å². The fourth-order valence-corrected chi connectivity index (χ4v) is 4.27. The number of carbonyl (C=O) groups excluding carboxylic acids is 5. The number of hydrogen-bond acceptors (Lipinski definition) is 8. The number of hydrogen-bond donors (Lipinski definition) is 8. The van der Waals surface area contributed by atoms with E-state index in [2.05, 4.69) is 26.6 Å². The third-order valence-electron chi connectivity index (χ3n) is 7.33. The van der Waals surface area contributed by atoms with E-state index in [1.165, 1.54) is 19.1 Å². The molecule has 14 heteroatoms. The van der Waals surface area contributed by atoms with Gasteiger partial charge in [0.1, 0.15) is 29.9 Å². The maximum absolute atomic E-state index is 13.5. The summed E-state index contributed by atoms with van der Waals surface area (Å²) >= 11 is 0. The second-order valence-electron chi connectivity index (χ2n) is 12.1. The highest BCUT2D eigenvalue weighted by Crippen LogP contribution is 2.13. The molecule has 0 aliphatic heterocycles. The topological polar surface area (TPSA) is 229 Å². The predicted molar refractivity (Wildman–Crippen MR) is 168 cm³/mol. The van der Waals surface area contributed by atoms with Crippen LogP contribution in [0.25, 0.3) is 0 Å². The highest BCUT2D eigenvalue weighted by atomic mass is 16.4. The van der Waals surface area contributed by atoms with Crippen molar-refractivity contribution < 1.29 is 39.0 Å². The van der Waals surface area contributed by atoms with E-state index in [1.54, 1.807) is 26.0 Å². The Morgan fingerprint density at radius 2 is 1.36 bits per heavy atom. The van der Waals surface area contributed by atoms with Gasteiger partial charge < -0.3 is 42.5 Å². The van der Waals surface area contributed by atoms with Crippen molar-refractivity contribution in [1.82, 2.24) is 26.6 Å². The van der Waals surface area contributed by atoms with Gasteiger partial charge in [-0.05, 0) is 48.8 Å². The Bertz CT molecular complexity index is 1170. The van der Waals surface area contributed by atoms with Crippen LogP contribution in [0.1, 0.15) is 66.9 Å². The van der Waals surface area contributed by atoms with Crippen molar-refractivity contribution in [3.63, 3.8) is 0 Å². The lowest BCUT2D eigenvalue weighted by Gasteiger charge is -2.26. The van der Waals surface area contributed by atoms with Crippen LogP contribution in [0.3, 0.4) is 0 Å². The zero-order valence-electron chi connectivity index (χ0n) is 27.2. The number of carboxylic acids is 1. The number of benzene rings is 1. The SMILES string of the molecule is CC[C@H](C)[C@H](N)C(=O)N[C@@H](Cc1ccc(O)cc1)C(=O)N[C@@H](CC(C)C)C(=O)NCC(=O)N[C@@H](C)C(=O)N[C@H](C(=O)O)C(C)C. The molecule has 0 aliphatic carbocycles. The number of aromatic hydroxyl groups is 1. The average molecular weight is 635 g/mol. The lowest BCUT2D eigenvalue weighted by atomic mass is 9.97. The molecule has 1 aromatic carbocycles. The fraction of sp³-hybridized carbons (Fsp3) is 0.613. The van der Waals surface area contributed by atoms with E-state index in [0.717, 1.165) is 0 Å². The minimum absolute atomic E-state index is 0.0364. The maximum Gasteiger partial charge on any atom is 0.326 e. The fourth-order valence-electron chi connectivity index (χ4n) is 4.27. The molecule has 0 radical (unpaired) electrons. The smallest absolute Gasteiger partial charge is 0.326 e. The monoisotopic (exact) mass is 634 g/mol. The Balaban J connectivity index is 2.97. The quantitative estimate of drug-likeness (QED) is 0.110. The molecule has 45 heavy (non-hydrogen) atoms. The molecule has 252 valence electrons. The Labute approximate surface area is 264 Å². The summed E-state index contributed by atoms with van der Waals surface area (Å²) in [6.45, 7) is 11.6. The number of phenolic OH excluding ortho intramolecular Hbond substituents is 1. The third kappa shape index (κ3) is 13.5. The summed E-state index contributed by atoms with van der Waals surface area (Å²) in [6.07, 6.45) is 0.927. The summed E-state index contributed by atoms with van der Waals surface area (Å²) in [4.78, 5) is 75.8. The first-order chi connectivity index (χ1) is 21.0. The number of nitrogens with two attached hydrogens (primary N) is 1. The summed E-state index contributed by atoms with van der Waals surface area (Å²) < 4.78 is 0. The molecule has 5 amide bonds. The van der Waals surface area contributed by atoms with Gasteiger partial charge in [-0.2, -0.15) is 0 Å². The van der Waals surface area contributed by atoms with Crippen molar-refractivity contribution in [2.24, 2.45) is 23.5 Å². The van der Waals surface area contributed by atoms with Gasteiger partial charge in [0.25, 0.3) is 0 Å². The number of nitrogens with one attached hydrogen (secondary N) is 5. The van der Waals surface area contributed by atoms with Crippen LogP contribution in [0, 0.1) is 17.8 Å². The van der Waals surface area contributed by atoms with E-state index in [4.69, 9.17) is 5.73 Å². The number of phenols is 1. The third-order valence-corrected chi connectivity index (χ3v) is 7.33. The highest BCUT2D eigenvalue weighted by Gasteiger charge is 2.31. The molecular formula is C31H50N6O8. The zero-order valence-corrected chi connectivity index (χ0v) is 27.2. The number of rotatable bonds is 18. The normalized spacial score (nSPS) is 15.2. The molecule has 1 aromatic rings. The number of carboxylic acid groups (broad SMARTS) is 1. The molecule has 0 aromatic heterocycles. The minimum atomic E-state index is -1.20. The van der Waals surface area contributed by atoms with Gasteiger partial charge >= 0.3 is 5.97 Å². The first kappa shape index (κ1) is 38.8. The molecule has 6 atom stereocenters. The van der Waals surface area contributed by atoms with Gasteiger partial charge in [0.05, 0.1) is 12.6 Å². The first-order valence-electron chi connectivity index (χ1n) is 15.2. The van der Waals surface area contributed by atoms with Crippen LogP contribution < -0.4 is 32.3 Å². The zero-order chi connectivity index (χ0) is 34.4. The van der Waals surface area contributed by atoms with Crippen molar-refractivity contribution in [1.29, 1.82) is 0 Å². The first-order valence-corrected chi connectivity index (χ1v) is 15.2. The van der Waals surface area contributed by atoms with Gasteiger partial charge in [-0.15, -0.1) is 0 Å². The molecule has 0 aliphatic rings. The summed E-state index contributed by atoms with van der Waals surface area (Å²) in [5.41, 5.74) is 6.74. The lowest BCUT2D eigenvalue weighted by Crippen LogP contribution is -2.58. The van der Waals surface area contributed by atoms with Crippen LogP contribution in [0.2, 0.25) is 0 Å². The van der Waals surface area contributed by atoms with Crippen LogP contribution >= 0.6 is 0 Å². The van der Waals surface area contributed by atoms with Crippen molar-refractivity contribution in [3.05, 3.63) is 29.8 Å². The molecule has 0 spiro atoms. The van der Waals surface area contributed by atoms with Gasteiger partial charge in [0.15, 0.2) is 0 Å². The number of amides is 5. The molecule has 0 bridgehead atoms. The molecule has 0 fully saturated rings. The van der Waals surface area contributed by atoms with Crippen LogP contribution in [0.15, 0.2) is 24.3 Å². The van der Waals surface area contributed by atoms with E-state index < -0.39 is 72.3 Å². The highest BCUT2D eigenvalue weighted by molar-refractivity contribution is 5.95. The minimum Gasteiger partial charge on any atom is -0.508 e. The van der Waals surface area contributed by atoms with Gasteiger partial charge in [0, 0.05) is 6.42 Å². The summed E-state index contributed by atoms with van der Waals surface area (Å²) in [5.74, 6) is -4.94. The second-order valence-corrected chi connectivity index (χ2v) is 12.1. The van der Waals surface area contributed by atoms with Crippen LogP contribution in [0.5, 0.6) is 5.75 Å². The Kier molecular flexibility index (Phi) is 16.0. The predicted octanol–water partition coefficient (Wildman–Crippen LogP) is 0.170. The molecule has 0 saturated carbocycles. The van der Waals surface area contributed by atoms with Crippen molar-refractivity contribution in [2.45, 2.75) is 97.9 Å². The van der Waals surface area contributed by atoms with E-state index in [-0.39, 0.29) is 36.3 Å². The van der Waals surface area contributed by atoms with Gasteiger partial charge in [-0.1, -0.05) is 60.1 Å². The molecule has 14 nitrogen and oxygen atoms in total. The Morgan fingerprint density at radius 1 is 0.778 bits per heavy atom. The van der Waals surface area contributed by atoms with E-state index in [0.29, 0.717) is 12.0 Å². The Hall–Kier alpha value is -4.20. The maximum atomic E-state index is 13.5. The van der Waals surface area contributed by atoms with Crippen molar-refractivity contribution >= 4 is 35.5 Å². The van der Waals surface area contributed by atoms with Crippen LogP contribution in [-0.4, -0.2) is 82.5 Å². The van der Waals surface area contributed by atoms with Crippen LogP contribution in [0.4, 0.5) is 0 Å². The molecule has 0 unspecified atom stereocenters. The summed E-state index contributed by atoms with van der Waals surface area (Å²) in [5, 5.41) is 31.5. The summed E-state index contributed by atoms with van der Waals surface area (Å²) in [7, 11) is 0. The number of aliphatic carboxylic acids is 1. The molecule has 9 N–H and O–H groups in total.